The highest BCUT2D eigenvalue weighted by molar-refractivity contribution is 6.34. The Morgan fingerprint density at radius 1 is 1.38 bits per heavy atom. The molecule has 2 N–H and O–H groups in total. The minimum Gasteiger partial charge on any atom is -0.343 e. The number of aromatic nitrogens is 2. The number of carbonyl (C=O) groups excluding carboxylic acids is 2. The van der Waals surface area contributed by atoms with E-state index in [1.165, 1.54) is 0 Å². The Hall–Kier alpha value is -2.09. The Morgan fingerprint density at radius 3 is 2.73 bits per heavy atom. The van der Waals surface area contributed by atoms with Crippen molar-refractivity contribution in [2.24, 2.45) is 7.05 Å². The summed E-state index contributed by atoms with van der Waals surface area (Å²) in [7, 11) is 3.49. The van der Waals surface area contributed by atoms with Crippen molar-refractivity contribution < 1.29 is 9.59 Å². The van der Waals surface area contributed by atoms with Gasteiger partial charge >= 0.3 is 0 Å². The van der Waals surface area contributed by atoms with Gasteiger partial charge in [0.05, 0.1) is 16.9 Å². The van der Waals surface area contributed by atoms with Crippen LogP contribution in [-0.2, 0) is 16.6 Å². The number of benzene rings is 1. The van der Waals surface area contributed by atoms with E-state index < -0.39 is 12.1 Å². The zero-order valence-electron chi connectivity index (χ0n) is 14.5. The van der Waals surface area contributed by atoms with Crippen molar-refractivity contribution in [2.45, 2.75) is 18.5 Å². The van der Waals surface area contributed by atoms with Gasteiger partial charge < -0.3 is 15.5 Å². The fourth-order valence-corrected chi connectivity index (χ4v) is 3.25. The van der Waals surface area contributed by atoms with Crippen LogP contribution in [0.5, 0.6) is 0 Å². The molecule has 1 aromatic carbocycles. The molecule has 1 fully saturated rings. The molecule has 2 unspecified atom stereocenters. The van der Waals surface area contributed by atoms with Gasteiger partial charge in [-0.15, -0.1) is 12.4 Å². The number of rotatable bonds is 5. The average Bonchev–Trinajstić information content (AvgIpc) is 3.16. The van der Waals surface area contributed by atoms with Crippen molar-refractivity contribution >= 4 is 41.5 Å². The maximum Gasteiger partial charge on any atom is 0.249 e. The number of nitrogens with zero attached hydrogens (tertiary/aromatic N) is 3. The lowest BCUT2D eigenvalue weighted by atomic mass is 10.1. The second kappa shape index (κ2) is 8.53. The summed E-state index contributed by atoms with van der Waals surface area (Å²) in [4.78, 5) is 26.9. The van der Waals surface area contributed by atoms with E-state index in [-0.39, 0.29) is 24.2 Å². The van der Waals surface area contributed by atoms with Gasteiger partial charge in [-0.05, 0) is 25.6 Å². The summed E-state index contributed by atoms with van der Waals surface area (Å²) in [6.07, 6.45) is 3.94. The summed E-state index contributed by atoms with van der Waals surface area (Å²) >= 11 is 6.18. The van der Waals surface area contributed by atoms with Gasteiger partial charge in [0.1, 0.15) is 12.1 Å². The predicted molar refractivity (Wildman–Crippen MR) is 103 cm³/mol. The van der Waals surface area contributed by atoms with Crippen molar-refractivity contribution in [2.75, 3.05) is 18.5 Å². The van der Waals surface area contributed by atoms with E-state index in [1.807, 2.05) is 12.1 Å². The molecule has 0 bridgehead atoms. The van der Waals surface area contributed by atoms with Gasteiger partial charge in [0.2, 0.25) is 11.8 Å². The third-order valence-corrected chi connectivity index (χ3v) is 4.59. The third-order valence-electron chi connectivity index (χ3n) is 4.27. The Labute approximate surface area is 163 Å². The quantitative estimate of drug-likeness (QED) is 0.804. The molecule has 0 spiro atoms. The number of para-hydroxylation sites is 1. The second-order valence-corrected chi connectivity index (χ2v) is 6.37. The highest BCUT2D eigenvalue weighted by Gasteiger charge is 2.35. The van der Waals surface area contributed by atoms with Crippen LogP contribution >= 0.6 is 24.0 Å². The fraction of sp³-hybridized carbons (Fsp3) is 0.353. The van der Waals surface area contributed by atoms with Crippen LogP contribution in [0.3, 0.4) is 0 Å². The summed E-state index contributed by atoms with van der Waals surface area (Å²) in [5.74, 6) is -0.405. The van der Waals surface area contributed by atoms with Crippen LogP contribution in [0.2, 0.25) is 5.02 Å². The van der Waals surface area contributed by atoms with Crippen LogP contribution in [0.25, 0.3) is 0 Å². The number of hydrogen-bond donors (Lipinski definition) is 2. The van der Waals surface area contributed by atoms with E-state index in [0.29, 0.717) is 23.7 Å². The van der Waals surface area contributed by atoms with Crippen LogP contribution in [-0.4, -0.2) is 41.2 Å². The van der Waals surface area contributed by atoms with Gasteiger partial charge in [-0.3, -0.25) is 14.3 Å². The first kappa shape index (κ1) is 20.2. The Morgan fingerprint density at radius 2 is 2.12 bits per heavy atom. The summed E-state index contributed by atoms with van der Waals surface area (Å²) in [5.41, 5.74) is 1.42. The molecule has 0 saturated carbocycles. The lowest BCUT2D eigenvalue weighted by molar-refractivity contribution is -0.127. The molecule has 1 saturated heterocycles. The standard InChI is InChI=1S/C17H20ClN5O2.ClH/c1-19-15(11-9-20-22(2)10-11)16(24)21-13-7-8-23(17(13)25)14-6-4-3-5-12(14)18;/h3-6,9-10,13,15,19H,7-8H2,1-2H3,(H,21,24);1H. The lowest BCUT2D eigenvalue weighted by Crippen LogP contribution is -2.45. The summed E-state index contributed by atoms with van der Waals surface area (Å²) < 4.78 is 1.63. The largest absolute Gasteiger partial charge is 0.343 e. The molecule has 7 nitrogen and oxygen atoms in total. The molecule has 1 aromatic heterocycles. The molecule has 140 valence electrons. The minimum absolute atomic E-state index is 0. The fourth-order valence-electron chi connectivity index (χ4n) is 3.02. The average molecular weight is 398 g/mol. The van der Waals surface area contributed by atoms with E-state index in [2.05, 4.69) is 15.7 Å². The number of hydrogen-bond acceptors (Lipinski definition) is 4. The van der Waals surface area contributed by atoms with E-state index in [4.69, 9.17) is 11.6 Å². The Balaban J connectivity index is 0.00000243. The van der Waals surface area contributed by atoms with E-state index >= 15 is 0 Å². The monoisotopic (exact) mass is 397 g/mol. The molecule has 1 aliphatic rings. The smallest absolute Gasteiger partial charge is 0.249 e. The second-order valence-electron chi connectivity index (χ2n) is 5.96. The van der Waals surface area contributed by atoms with Crippen molar-refractivity contribution in [1.29, 1.82) is 0 Å². The molecule has 9 heteroatoms. The van der Waals surface area contributed by atoms with Gasteiger partial charge in [-0.25, -0.2) is 0 Å². The van der Waals surface area contributed by atoms with Gasteiger partial charge in [0.15, 0.2) is 0 Å². The first-order chi connectivity index (χ1) is 12.0. The minimum atomic E-state index is -0.559. The highest BCUT2D eigenvalue weighted by Crippen LogP contribution is 2.29. The van der Waals surface area contributed by atoms with E-state index in [9.17, 15) is 9.59 Å². The van der Waals surface area contributed by atoms with Crippen molar-refractivity contribution in [1.82, 2.24) is 20.4 Å². The molecule has 0 radical (unpaired) electrons. The number of amides is 2. The van der Waals surface area contributed by atoms with Gasteiger partial charge in [-0.1, -0.05) is 23.7 Å². The number of nitrogens with one attached hydrogen (secondary N) is 2. The number of aryl methyl sites for hydroxylation is 1. The SMILES string of the molecule is CNC(C(=O)NC1CCN(c2ccccc2Cl)C1=O)c1cnn(C)c1.Cl. The summed E-state index contributed by atoms with van der Waals surface area (Å²) in [6, 6.07) is 6.08. The topological polar surface area (TPSA) is 79.3 Å². The van der Waals surface area contributed by atoms with Gasteiger partial charge in [-0.2, -0.15) is 5.10 Å². The van der Waals surface area contributed by atoms with Gasteiger partial charge in [0, 0.05) is 25.4 Å². The number of carbonyl (C=O) groups is 2. The zero-order valence-corrected chi connectivity index (χ0v) is 16.0. The maximum absolute atomic E-state index is 12.7. The van der Waals surface area contributed by atoms with Crippen LogP contribution in [0, 0.1) is 0 Å². The van der Waals surface area contributed by atoms with E-state index in [1.54, 1.807) is 48.2 Å². The van der Waals surface area contributed by atoms with Crippen molar-refractivity contribution in [3.05, 3.63) is 47.2 Å². The molecule has 26 heavy (non-hydrogen) atoms. The van der Waals surface area contributed by atoms with Gasteiger partial charge in [0.25, 0.3) is 0 Å². The number of anilines is 1. The van der Waals surface area contributed by atoms with E-state index in [0.717, 1.165) is 5.56 Å². The van der Waals surface area contributed by atoms with Crippen LogP contribution in [0.1, 0.15) is 18.0 Å². The molecular weight excluding hydrogens is 377 g/mol. The molecule has 3 rings (SSSR count). The van der Waals surface area contributed by atoms with Crippen LogP contribution < -0.4 is 15.5 Å². The van der Waals surface area contributed by atoms with Crippen LogP contribution in [0.15, 0.2) is 36.7 Å². The number of halogens is 2. The van der Waals surface area contributed by atoms with Crippen molar-refractivity contribution in [3.8, 4) is 0 Å². The zero-order chi connectivity index (χ0) is 18.0. The summed E-state index contributed by atoms with van der Waals surface area (Å²) in [5, 5.41) is 10.4. The molecule has 1 aliphatic heterocycles. The molecule has 2 aromatic rings. The predicted octanol–water partition coefficient (Wildman–Crippen LogP) is 1.68. The first-order valence-corrected chi connectivity index (χ1v) is 8.41. The lowest BCUT2D eigenvalue weighted by Gasteiger charge is -2.20. The molecular formula is C17H21Cl2N5O2. The third kappa shape index (κ3) is 4.00. The Kier molecular flexibility index (Phi) is 6.63. The summed E-state index contributed by atoms with van der Waals surface area (Å²) in [6.45, 7) is 0.518. The normalized spacial score (nSPS) is 17.7. The highest BCUT2D eigenvalue weighted by atomic mass is 35.5. The molecule has 2 atom stereocenters. The van der Waals surface area contributed by atoms with Crippen LogP contribution in [0.4, 0.5) is 5.69 Å². The van der Waals surface area contributed by atoms with Crippen molar-refractivity contribution in [3.63, 3.8) is 0 Å². The first-order valence-electron chi connectivity index (χ1n) is 8.03. The molecule has 2 heterocycles. The molecule has 2 amide bonds. The Bertz CT molecular complexity index is 795. The maximum atomic E-state index is 12.7. The number of likely N-dealkylation sites (N-methyl/N-ethyl adjacent to an activating group) is 1. The molecule has 0 aliphatic carbocycles.